The molecule has 20 heavy (non-hydrogen) atoms. The highest BCUT2D eigenvalue weighted by Gasteiger charge is 2.13. The van der Waals surface area contributed by atoms with Gasteiger partial charge in [-0.2, -0.15) is 0 Å². The molecular weight excluding hydrogens is 254 g/mol. The molecule has 5 heteroatoms. The fourth-order valence-corrected chi connectivity index (χ4v) is 1.95. The van der Waals surface area contributed by atoms with E-state index < -0.39 is 0 Å². The predicted molar refractivity (Wildman–Crippen MR) is 79.1 cm³/mol. The summed E-state index contributed by atoms with van der Waals surface area (Å²) in [6.45, 7) is 2.73. The molecule has 0 aliphatic rings. The van der Waals surface area contributed by atoms with Crippen LogP contribution in [0.4, 0.5) is 5.82 Å². The van der Waals surface area contributed by atoms with E-state index in [1.807, 2.05) is 37.3 Å². The normalized spacial score (nSPS) is 10.7. The summed E-state index contributed by atoms with van der Waals surface area (Å²) in [5.74, 6) is 1.18. The van der Waals surface area contributed by atoms with Gasteiger partial charge in [-0.05, 0) is 38.3 Å². The van der Waals surface area contributed by atoms with Crippen molar-refractivity contribution in [1.29, 1.82) is 0 Å². The lowest BCUT2D eigenvalue weighted by Crippen LogP contribution is -2.02. The lowest BCUT2D eigenvalue weighted by atomic mass is 10.2. The number of para-hydroxylation sites is 1. The van der Waals surface area contributed by atoms with Crippen molar-refractivity contribution in [2.75, 3.05) is 18.9 Å². The van der Waals surface area contributed by atoms with Crippen LogP contribution in [0.2, 0.25) is 0 Å². The number of ether oxygens (including phenoxy) is 1. The SMILES string of the molecule is Cc1c(OCCCCCO)nn(-c2ccccc2)c1N. The zero-order valence-corrected chi connectivity index (χ0v) is 11.7. The minimum atomic E-state index is 0.231. The molecular formula is C15H21N3O2. The van der Waals surface area contributed by atoms with Crippen LogP contribution in [0.15, 0.2) is 30.3 Å². The van der Waals surface area contributed by atoms with Crippen molar-refractivity contribution < 1.29 is 9.84 Å². The van der Waals surface area contributed by atoms with Crippen LogP contribution in [-0.4, -0.2) is 28.1 Å². The highest BCUT2D eigenvalue weighted by Crippen LogP contribution is 2.25. The maximum atomic E-state index is 8.72. The Kier molecular flexibility index (Phi) is 5.01. The summed E-state index contributed by atoms with van der Waals surface area (Å²) in [4.78, 5) is 0. The Hall–Kier alpha value is -2.01. The Bertz CT molecular complexity index is 538. The first-order valence-corrected chi connectivity index (χ1v) is 6.88. The van der Waals surface area contributed by atoms with E-state index in [0.717, 1.165) is 30.5 Å². The average molecular weight is 275 g/mol. The fourth-order valence-electron chi connectivity index (χ4n) is 1.95. The summed E-state index contributed by atoms with van der Waals surface area (Å²) in [6, 6.07) is 9.75. The van der Waals surface area contributed by atoms with Crippen LogP contribution in [-0.2, 0) is 0 Å². The molecule has 0 unspecified atom stereocenters. The van der Waals surface area contributed by atoms with Gasteiger partial charge in [0.05, 0.1) is 17.9 Å². The van der Waals surface area contributed by atoms with Crippen molar-refractivity contribution >= 4 is 5.82 Å². The maximum Gasteiger partial charge on any atom is 0.238 e. The Morgan fingerprint density at radius 3 is 2.65 bits per heavy atom. The highest BCUT2D eigenvalue weighted by molar-refractivity contribution is 5.51. The van der Waals surface area contributed by atoms with E-state index in [-0.39, 0.29) is 6.61 Å². The summed E-state index contributed by atoms with van der Waals surface area (Å²) < 4.78 is 7.37. The Labute approximate surface area is 119 Å². The van der Waals surface area contributed by atoms with Crippen LogP contribution in [0.5, 0.6) is 5.88 Å². The largest absolute Gasteiger partial charge is 0.476 e. The van der Waals surface area contributed by atoms with Crippen LogP contribution >= 0.6 is 0 Å². The molecule has 1 aromatic carbocycles. The molecule has 0 saturated carbocycles. The van der Waals surface area contributed by atoms with Crippen molar-refractivity contribution in [3.05, 3.63) is 35.9 Å². The number of hydrogen-bond acceptors (Lipinski definition) is 4. The second-order valence-corrected chi connectivity index (χ2v) is 4.70. The van der Waals surface area contributed by atoms with Crippen LogP contribution in [0.3, 0.4) is 0 Å². The average Bonchev–Trinajstić information content (AvgIpc) is 2.76. The zero-order chi connectivity index (χ0) is 14.4. The number of anilines is 1. The Morgan fingerprint density at radius 1 is 1.20 bits per heavy atom. The number of unbranched alkanes of at least 4 members (excludes halogenated alkanes) is 2. The molecule has 0 spiro atoms. The molecule has 0 bridgehead atoms. The van der Waals surface area contributed by atoms with Crippen LogP contribution in [0.1, 0.15) is 24.8 Å². The molecule has 0 atom stereocenters. The third-order valence-electron chi connectivity index (χ3n) is 3.17. The first kappa shape index (κ1) is 14.4. The molecule has 108 valence electrons. The first-order valence-electron chi connectivity index (χ1n) is 6.88. The quantitative estimate of drug-likeness (QED) is 0.760. The number of nitrogen functional groups attached to an aromatic ring is 1. The predicted octanol–water partition coefficient (Wildman–Crippen LogP) is 2.30. The van der Waals surface area contributed by atoms with Crippen molar-refractivity contribution in [1.82, 2.24) is 9.78 Å². The number of nitrogens with two attached hydrogens (primary N) is 1. The zero-order valence-electron chi connectivity index (χ0n) is 11.7. The van der Waals surface area contributed by atoms with Gasteiger partial charge in [-0.1, -0.05) is 18.2 Å². The molecule has 2 aromatic rings. The van der Waals surface area contributed by atoms with Crippen molar-refractivity contribution in [3.63, 3.8) is 0 Å². The number of hydrogen-bond donors (Lipinski definition) is 2. The molecule has 0 aliphatic heterocycles. The molecule has 1 aromatic heterocycles. The summed E-state index contributed by atoms with van der Waals surface area (Å²) in [7, 11) is 0. The molecule has 5 nitrogen and oxygen atoms in total. The van der Waals surface area contributed by atoms with Gasteiger partial charge in [0.2, 0.25) is 5.88 Å². The third kappa shape index (κ3) is 3.30. The van der Waals surface area contributed by atoms with E-state index in [0.29, 0.717) is 18.3 Å². The first-order chi connectivity index (χ1) is 9.74. The Balaban J connectivity index is 2.05. The number of aliphatic hydroxyl groups is 1. The van der Waals surface area contributed by atoms with Gasteiger partial charge in [-0.15, -0.1) is 5.10 Å². The van der Waals surface area contributed by atoms with Crippen molar-refractivity contribution in [2.24, 2.45) is 0 Å². The second-order valence-electron chi connectivity index (χ2n) is 4.70. The molecule has 0 radical (unpaired) electrons. The van der Waals surface area contributed by atoms with Gasteiger partial charge < -0.3 is 15.6 Å². The molecule has 1 heterocycles. The molecule has 0 aliphatic carbocycles. The number of benzene rings is 1. The molecule has 0 saturated heterocycles. The number of nitrogens with zero attached hydrogens (tertiary/aromatic N) is 2. The van der Waals surface area contributed by atoms with Crippen molar-refractivity contribution in [2.45, 2.75) is 26.2 Å². The van der Waals surface area contributed by atoms with Gasteiger partial charge in [0.1, 0.15) is 5.82 Å². The number of rotatable bonds is 7. The lowest BCUT2D eigenvalue weighted by molar-refractivity contribution is 0.261. The third-order valence-corrected chi connectivity index (χ3v) is 3.17. The van der Waals surface area contributed by atoms with E-state index in [2.05, 4.69) is 5.10 Å². The fraction of sp³-hybridized carbons (Fsp3) is 0.400. The van der Waals surface area contributed by atoms with E-state index in [1.54, 1.807) is 4.68 Å². The summed E-state index contributed by atoms with van der Waals surface area (Å²) >= 11 is 0. The number of aliphatic hydroxyl groups excluding tert-OH is 1. The van der Waals surface area contributed by atoms with Crippen LogP contribution in [0, 0.1) is 6.92 Å². The molecule has 0 amide bonds. The van der Waals surface area contributed by atoms with Gasteiger partial charge in [0.15, 0.2) is 0 Å². The maximum absolute atomic E-state index is 8.72. The number of aromatic nitrogens is 2. The van der Waals surface area contributed by atoms with E-state index in [9.17, 15) is 0 Å². The summed E-state index contributed by atoms with van der Waals surface area (Å²) in [5, 5.41) is 13.1. The second kappa shape index (κ2) is 6.96. The minimum Gasteiger partial charge on any atom is -0.476 e. The van der Waals surface area contributed by atoms with Gasteiger partial charge in [-0.25, -0.2) is 4.68 Å². The minimum absolute atomic E-state index is 0.231. The topological polar surface area (TPSA) is 73.3 Å². The molecule has 0 fully saturated rings. The van der Waals surface area contributed by atoms with Crippen LogP contribution in [0.25, 0.3) is 5.69 Å². The standard InChI is InChI=1S/C15H21N3O2/c1-12-14(16)18(13-8-4-2-5-9-13)17-15(12)20-11-7-3-6-10-19/h2,4-5,8-9,19H,3,6-7,10-11,16H2,1H3. The van der Waals surface area contributed by atoms with E-state index >= 15 is 0 Å². The smallest absolute Gasteiger partial charge is 0.238 e. The summed E-state index contributed by atoms with van der Waals surface area (Å²) in [5.41, 5.74) is 7.85. The highest BCUT2D eigenvalue weighted by atomic mass is 16.5. The van der Waals surface area contributed by atoms with Crippen molar-refractivity contribution in [3.8, 4) is 11.6 Å². The van der Waals surface area contributed by atoms with Gasteiger partial charge in [0, 0.05) is 6.61 Å². The molecule has 3 N–H and O–H groups in total. The monoisotopic (exact) mass is 275 g/mol. The lowest BCUT2D eigenvalue weighted by Gasteiger charge is -2.03. The van der Waals surface area contributed by atoms with E-state index in [1.165, 1.54) is 0 Å². The van der Waals surface area contributed by atoms with Gasteiger partial charge in [0.25, 0.3) is 0 Å². The summed E-state index contributed by atoms with van der Waals surface area (Å²) in [6.07, 6.45) is 2.66. The van der Waals surface area contributed by atoms with Gasteiger partial charge in [-0.3, -0.25) is 0 Å². The van der Waals surface area contributed by atoms with E-state index in [4.69, 9.17) is 15.6 Å². The Morgan fingerprint density at radius 2 is 1.95 bits per heavy atom. The molecule has 2 rings (SSSR count). The van der Waals surface area contributed by atoms with Crippen LogP contribution < -0.4 is 10.5 Å². The van der Waals surface area contributed by atoms with Gasteiger partial charge >= 0.3 is 0 Å².